The summed E-state index contributed by atoms with van der Waals surface area (Å²) in [6, 6.07) is 8.00. The Bertz CT molecular complexity index is 1710. The Morgan fingerprint density at radius 3 is 2.47 bits per heavy atom. The monoisotopic (exact) mass is 583 g/mol. The van der Waals surface area contributed by atoms with E-state index in [9.17, 15) is 9.59 Å². The minimum Gasteiger partial charge on any atom is -0.444 e. The molecular weight excluding hydrogens is 546 g/mol. The van der Waals surface area contributed by atoms with Gasteiger partial charge in [-0.3, -0.25) is 4.79 Å². The third-order valence-corrected chi connectivity index (χ3v) is 8.41. The first-order valence-corrected chi connectivity index (χ1v) is 15.0. The number of aromatic nitrogens is 3. The summed E-state index contributed by atoms with van der Waals surface area (Å²) < 4.78 is 11.9. The first-order chi connectivity index (χ1) is 20.6. The van der Waals surface area contributed by atoms with Gasteiger partial charge in [-0.25, -0.2) is 19.7 Å². The van der Waals surface area contributed by atoms with Gasteiger partial charge in [0.05, 0.1) is 5.56 Å². The van der Waals surface area contributed by atoms with Gasteiger partial charge < -0.3 is 29.6 Å². The molecule has 2 bridgehead atoms. The van der Waals surface area contributed by atoms with E-state index in [0.717, 1.165) is 59.9 Å². The summed E-state index contributed by atoms with van der Waals surface area (Å²) in [5, 5.41) is 7.71. The van der Waals surface area contributed by atoms with Gasteiger partial charge in [-0.2, -0.15) is 0 Å². The van der Waals surface area contributed by atoms with Crippen molar-refractivity contribution < 1.29 is 18.7 Å². The van der Waals surface area contributed by atoms with Crippen LogP contribution in [-0.2, 0) is 9.53 Å². The lowest BCUT2D eigenvalue weighted by molar-refractivity contribution is -0.117. The molecule has 3 aromatic heterocycles. The van der Waals surface area contributed by atoms with Gasteiger partial charge in [-0.15, -0.1) is 0 Å². The molecule has 1 aliphatic carbocycles. The summed E-state index contributed by atoms with van der Waals surface area (Å²) >= 11 is 0. The van der Waals surface area contributed by atoms with Crippen molar-refractivity contribution in [3.8, 4) is 11.5 Å². The van der Waals surface area contributed by atoms with Gasteiger partial charge in [-0.1, -0.05) is 0 Å². The maximum Gasteiger partial charge on any atom is 0.410 e. The summed E-state index contributed by atoms with van der Waals surface area (Å²) in [7, 11) is 1.81. The molecule has 1 saturated carbocycles. The number of hydrogen-bond acceptors (Lipinski definition) is 9. The highest BCUT2D eigenvalue weighted by Gasteiger charge is 2.37. The summed E-state index contributed by atoms with van der Waals surface area (Å²) in [5.74, 6) is 2.50. The molecule has 3 aliphatic rings. The van der Waals surface area contributed by atoms with E-state index in [1.807, 2.05) is 44.9 Å². The van der Waals surface area contributed by atoms with Crippen LogP contribution in [0.1, 0.15) is 40.0 Å². The lowest BCUT2D eigenvalue weighted by atomic mass is 9.84. The van der Waals surface area contributed by atoms with Crippen LogP contribution in [0.5, 0.6) is 0 Å². The molecule has 2 atom stereocenters. The van der Waals surface area contributed by atoms with Crippen LogP contribution in [0.25, 0.3) is 33.3 Å². The SMILES string of the molecule is CNc1ncc(-c2nc3cc(N4CC5CC(CN(C(=O)OC(C)(C)C)C5)C4)ccc3o2)c2cc(NC(=O)C3CC3)ncc12. The standard InChI is InChI=1S/C32H37N7O4/c1-32(2,3)43-31(41)39-16-18-9-19(17-39)15-38(14-18)21-7-8-26-25(10-21)36-30(42-26)24-13-35-28(33-4)23-12-34-27(11-22(23)24)37-29(40)20-5-6-20/h7-8,10-13,18-20H,5-6,9,14-17H2,1-4H3,(H,33,35)(H,34,37,40). The van der Waals surface area contributed by atoms with Crippen LogP contribution in [0.2, 0.25) is 0 Å². The molecule has 224 valence electrons. The van der Waals surface area contributed by atoms with Crippen molar-refractivity contribution in [2.45, 2.75) is 45.6 Å². The largest absolute Gasteiger partial charge is 0.444 e. The van der Waals surface area contributed by atoms with Gasteiger partial charge in [0.2, 0.25) is 11.8 Å². The molecule has 1 aromatic carbocycles. The number of piperidine rings is 2. The molecule has 4 aromatic rings. The number of oxazole rings is 1. The van der Waals surface area contributed by atoms with E-state index in [1.54, 1.807) is 12.4 Å². The number of nitrogens with zero attached hydrogens (tertiary/aromatic N) is 5. The number of carbonyl (C=O) groups excluding carboxylic acids is 2. The molecule has 11 nitrogen and oxygen atoms in total. The second-order valence-electron chi connectivity index (χ2n) is 13.1. The molecular formula is C32H37N7O4. The number of hydrogen-bond donors (Lipinski definition) is 2. The predicted octanol–water partition coefficient (Wildman–Crippen LogP) is 5.52. The van der Waals surface area contributed by atoms with Gasteiger partial charge in [0.1, 0.15) is 22.8 Å². The minimum atomic E-state index is -0.496. The van der Waals surface area contributed by atoms with E-state index in [2.05, 4.69) is 37.6 Å². The Morgan fingerprint density at radius 2 is 1.77 bits per heavy atom. The normalized spacial score (nSPS) is 20.4. The molecule has 5 heterocycles. The summed E-state index contributed by atoms with van der Waals surface area (Å²) in [5.41, 5.74) is 2.78. The van der Waals surface area contributed by atoms with Crippen LogP contribution < -0.4 is 15.5 Å². The summed E-state index contributed by atoms with van der Waals surface area (Å²) in [6.45, 7) is 8.87. The Balaban J connectivity index is 1.14. The number of pyridine rings is 2. The number of carbonyl (C=O) groups is 2. The second-order valence-corrected chi connectivity index (χ2v) is 13.1. The molecule has 11 heteroatoms. The molecule has 2 amide bonds. The van der Waals surface area contributed by atoms with E-state index in [1.165, 1.54) is 0 Å². The zero-order valence-corrected chi connectivity index (χ0v) is 25.0. The highest BCUT2D eigenvalue weighted by Crippen LogP contribution is 2.37. The van der Waals surface area contributed by atoms with Gasteiger partial charge in [0.25, 0.3) is 0 Å². The van der Waals surface area contributed by atoms with Crippen LogP contribution in [0.15, 0.2) is 41.1 Å². The van der Waals surface area contributed by atoms with Gasteiger partial charge >= 0.3 is 6.09 Å². The second kappa shape index (κ2) is 10.4. The van der Waals surface area contributed by atoms with Crippen LogP contribution in [0, 0.1) is 17.8 Å². The van der Waals surface area contributed by atoms with Gasteiger partial charge in [-0.05, 0) is 76.1 Å². The lowest BCUT2D eigenvalue weighted by Gasteiger charge is -2.46. The lowest BCUT2D eigenvalue weighted by Crippen LogP contribution is -2.54. The molecule has 0 radical (unpaired) electrons. The number of rotatable bonds is 5. The van der Waals surface area contributed by atoms with Crippen molar-refractivity contribution >= 4 is 51.2 Å². The number of ether oxygens (including phenoxy) is 1. The number of amides is 2. The van der Waals surface area contributed by atoms with Crippen molar-refractivity contribution in [2.75, 3.05) is 48.8 Å². The maximum absolute atomic E-state index is 12.7. The zero-order chi connectivity index (χ0) is 29.9. The fourth-order valence-electron chi connectivity index (χ4n) is 6.34. The number of nitrogens with one attached hydrogen (secondary N) is 2. The first-order valence-electron chi connectivity index (χ1n) is 15.0. The van der Waals surface area contributed by atoms with E-state index < -0.39 is 5.60 Å². The van der Waals surface area contributed by atoms with Gasteiger partial charge in [0.15, 0.2) is 5.58 Å². The average molecular weight is 584 g/mol. The third kappa shape index (κ3) is 5.55. The van der Waals surface area contributed by atoms with Gasteiger partial charge in [0, 0.05) is 68.0 Å². The maximum atomic E-state index is 12.7. The van der Waals surface area contributed by atoms with E-state index in [-0.39, 0.29) is 17.9 Å². The Labute approximate surface area is 250 Å². The molecule has 0 spiro atoms. The van der Waals surface area contributed by atoms with Crippen molar-refractivity contribution in [1.29, 1.82) is 0 Å². The molecule has 43 heavy (non-hydrogen) atoms. The minimum absolute atomic E-state index is 0.00471. The highest BCUT2D eigenvalue weighted by molar-refractivity contribution is 6.03. The van der Waals surface area contributed by atoms with E-state index in [4.69, 9.17) is 14.1 Å². The third-order valence-electron chi connectivity index (χ3n) is 8.41. The Hall–Kier alpha value is -4.41. The summed E-state index contributed by atoms with van der Waals surface area (Å²) in [6.07, 6.45) is 6.21. The Morgan fingerprint density at radius 1 is 1.00 bits per heavy atom. The van der Waals surface area contributed by atoms with Crippen molar-refractivity contribution in [1.82, 2.24) is 19.9 Å². The van der Waals surface area contributed by atoms with E-state index in [0.29, 0.717) is 48.0 Å². The summed E-state index contributed by atoms with van der Waals surface area (Å²) in [4.78, 5) is 43.3. The van der Waals surface area contributed by atoms with Crippen molar-refractivity contribution in [3.05, 3.63) is 36.7 Å². The molecule has 2 saturated heterocycles. The van der Waals surface area contributed by atoms with Crippen LogP contribution in [0.3, 0.4) is 0 Å². The fraction of sp³-hybridized carbons (Fsp3) is 0.469. The molecule has 2 aliphatic heterocycles. The smallest absolute Gasteiger partial charge is 0.410 e. The predicted molar refractivity (Wildman–Crippen MR) is 165 cm³/mol. The van der Waals surface area contributed by atoms with Crippen molar-refractivity contribution in [2.24, 2.45) is 17.8 Å². The number of anilines is 3. The molecule has 2 unspecified atom stereocenters. The van der Waals surface area contributed by atoms with E-state index >= 15 is 0 Å². The number of benzene rings is 1. The first kappa shape index (κ1) is 27.4. The molecule has 3 fully saturated rings. The fourth-order valence-corrected chi connectivity index (χ4v) is 6.34. The average Bonchev–Trinajstić information content (AvgIpc) is 3.74. The molecule has 7 rings (SSSR count). The Kier molecular flexibility index (Phi) is 6.63. The van der Waals surface area contributed by atoms with Crippen molar-refractivity contribution in [3.63, 3.8) is 0 Å². The van der Waals surface area contributed by atoms with Crippen LogP contribution in [0.4, 0.5) is 22.1 Å². The zero-order valence-electron chi connectivity index (χ0n) is 25.0. The quantitative estimate of drug-likeness (QED) is 0.312. The number of likely N-dealkylation sites (tertiary alicyclic amines) is 1. The van der Waals surface area contributed by atoms with Crippen LogP contribution >= 0.6 is 0 Å². The number of fused-ring (bicyclic) bond motifs is 4. The topological polar surface area (TPSA) is 126 Å². The van der Waals surface area contributed by atoms with Crippen LogP contribution in [-0.4, -0.2) is 70.7 Å². The molecule has 2 N–H and O–H groups in total. The highest BCUT2D eigenvalue weighted by atomic mass is 16.6.